The van der Waals surface area contributed by atoms with Crippen LogP contribution in [0, 0.1) is 6.92 Å². The first-order chi connectivity index (χ1) is 10.6. The lowest BCUT2D eigenvalue weighted by Crippen LogP contribution is -2.38. The number of amides is 1. The third-order valence-electron chi connectivity index (χ3n) is 4.44. The van der Waals surface area contributed by atoms with Crippen molar-refractivity contribution in [2.45, 2.75) is 25.7 Å². The maximum absolute atomic E-state index is 12.5. The summed E-state index contributed by atoms with van der Waals surface area (Å²) in [5.74, 6) is 0.525. The van der Waals surface area contributed by atoms with E-state index in [9.17, 15) is 9.59 Å². The highest BCUT2D eigenvalue weighted by Crippen LogP contribution is 2.28. The topological polar surface area (TPSA) is 42.3 Å². The first-order valence-electron chi connectivity index (χ1n) is 7.56. The van der Waals surface area contributed by atoms with Crippen molar-refractivity contribution in [2.75, 3.05) is 13.1 Å². The Balaban J connectivity index is 1.67. The Morgan fingerprint density at radius 1 is 1.27 bits per heavy atom. The third kappa shape index (κ3) is 2.86. The predicted octanol–water partition coefficient (Wildman–Crippen LogP) is 2.78. The van der Waals surface area contributed by atoms with Gasteiger partial charge in [0.25, 0.3) is 11.5 Å². The minimum Gasteiger partial charge on any atom is -0.338 e. The van der Waals surface area contributed by atoms with Gasteiger partial charge in [-0.05, 0) is 54.3 Å². The van der Waals surface area contributed by atoms with Gasteiger partial charge in [0.1, 0.15) is 0 Å². The summed E-state index contributed by atoms with van der Waals surface area (Å²) < 4.78 is 1.59. The minimum absolute atomic E-state index is 0.0326. The Bertz CT molecular complexity index is 739. The van der Waals surface area contributed by atoms with Crippen LogP contribution in [-0.2, 0) is 7.05 Å². The average molecular weight is 316 g/mol. The summed E-state index contributed by atoms with van der Waals surface area (Å²) >= 11 is 1.52. The fourth-order valence-corrected chi connectivity index (χ4v) is 3.86. The largest absolute Gasteiger partial charge is 0.338 e. The van der Waals surface area contributed by atoms with Gasteiger partial charge in [-0.15, -0.1) is 11.3 Å². The second kappa shape index (κ2) is 6.08. The molecule has 116 valence electrons. The molecule has 1 aliphatic heterocycles. The van der Waals surface area contributed by atoms with Crippen LogP contribution in [0.4, 0.5) is 0 Å². The molecule has 0 bridgehead atoms. The first kappa shape index (κ1) is 15.0. The van der Waals surface area contributed by atoms with Crippen molar-refractivity contribution in [3.05, 3.63) is 56.1 Å². The molecular formula is C17H20N2O2S. The number of pyridine rings is 1. The molecule has 0 N–H and O–H groups in total. The molecule has 22 heavy (non-hydrogen) atoms. The lowest BCUT2D eigenvalue weighted by Gasteiger charge is -2.32. The standard InChI is InChI=1S/C17H20N2O2S/c1-12-6-10-22-16(12)17(21)19-8-4-13(5-9-19)14-3-7-18(2)15(20)11-14/h3,6-7,10-11,13H,4-5,8-9H2,1-2H3. The molecule has 1 saturated heterocycles. The van der Waals surface area contributed by atoms with E-state index in [1.54, 1.807) is 17.7 Å². The summed E-state index contributed by atoms with van der Waals surface area (Å²) in [6.07, 6.45) is 3.66. The maximum Gasteiger partial charge on any atom is 0.264 e. The van der Waals surface area contributed by atoms with Gasteiger partial charge >= 0.3 is 0 Å². The van der Waals surface area contributed by atoms with E-state index in [1.165, 1.54) is 11.3 Å². The average Bonchev–Trinajstić information content (AvgIpc) is 2.95. The summed E-state index contributed by atoms with van der Waals surface area (Å²) in [5, 5.41) is 1.97. The summed E-state index contributed by atoms with van der Waals surface area (Å²) in [6, 6.07) is 5.74. The van der Waals surface area contributed by atoms with Gasteiger partial charge in [0.15, 0.2) is 0 Å². The Labute approximate surface area is 134 Å². The van der Waals surface area contributed by atoms with Crippen LogP contribution in [0.15, 0.2) is 34.6 Å². The van der Waals surface area contributed by atoms with Crippen LogP contribution < -0.4 is 5.56 Å². The summed E-state index contributed by atoms with van der Waals surface area (Å²) in [5.41, 5.74) is 2.19. The van der Waals surface area contributed by atoms with Gasteiger partial charge in [0, 0.05) is 32.4 Å². The molecular weight excluding hydrogens is 296 g/mol. The van der Waals surface area contributed by atoms with Crippen LogP contribution in [0.2, 0.25) is 0 Å². The predicted molar refractivity (Wildman–Crippen MR) is 88.6 cm³/mol. The lowest BCUT2D eigenvalue weighted by molar-refractivity contribution is 0.0717. The first-order valence-corrected chi connectivity index (χ1v) is 8.44. The summed E-state index contributed by atoms with van der Waals surface area (Å²) in [4.78, 5) is 27.0. The maximum atomic E-state index is 12.5. The van der Waals surface area contributed by atoms with Crippen LogP contribution in [0.5, 0.6) is 0 Å². The third-order valence-corrected chi connectivity index (χ3v) is 5.44. The highest BCUT2D eigenvalue weighted by molar-refractivity contribution is 7.12. The molecule has 0 radical (unpaired) electrons. The highest BCUT2D eigenvalue weighted by atomic mass is 32.1. The van der Waals surface area contributed by atoms with Crippen molar-refractivity contribution in [1.29, 1.82) is 0 Å². The Kier molecular flexibility index (Phi) is 4.16. The van der Waals surface area contributed by atoms with Crippen molar-refractivity contribution in [3.63, 3.8) is 0 Å². The van der Waals surface area contributed by atoms with E-state index in [4.69, 9.17) is 0 Å². The van der Waals surface area contributed by atoms with E-state index in [1.807, 2.05) is 35.5 Å². The minimum atomic E-state index is 0.0326. The Morgan fingerprint density at radius 3 is 2.59 bits per heavy atom. The second-order valence-electron chi connectivity index (χ2n) is 5.91. The zero-order valence-electron chi connectivity index (χ0n) is 12.9. The fourth-order valence-electron chi connectivity index (χ4n) is 2.97. The van der Waals surface area contributed by atoms with Gasteiger partial charge in [-0.2, -0.15) is 0 Å². The number of hydrogen-bond acceptors (Lipinski definition) is 3. The monoisotopic (exact) mass is 316 g/mol. The molecule has 1 fully saturated rings. The second-order valence-corrected chi connectivity index (χ2v) is 6.82. The molecule has 1 amide bonds. The van der Waals surface area contributed by atoms with Crippen molar-refractivity contribution >= 4 is 17.2 Å². The fraction of sp³-hybridized carbons (Fsp3) is 0.412. The smallest absolute Gasteiger partial charge is 0.264 e. The Hall–Kier alpha value is -1.88. The number of carbonyl (C=O) groups excluding carboxylic acids is 1. The van der Waals surface area contributed by atoms with Crippen molar-refractivity contribution < 1.29 is 4.79 Å². The van der Waals surface area contributed by atoms with E-state index in [-0.39, 0.29) is 11.5 Å². The van der Waals surface area contributed by atoms with Crippen LogP contribution in [-0.4, -0.2) is 28.5 Å². The molecule has 0 unspecified atom stereocenters. The van der Waals surface area contributed by atoms with Crippen LogP contribution in [0.25, 0.3) is 0 Å². The molecule has 2 aromatic heterocycles. The van der Waals surface area contributed by atoms with Crippen LogP contribution in [0.3, 0.4) is 0 Å². The van der Waals surface area contributed by atoms with Crippen molar-refractivity contribution in [3.8, 4) is 0 Å². The molecule has 3 rings (SSSR count). The highest BCUT2D eigenvalue weighted by Gasteiger charge is 2.26. The van der Waals surface area contributed by atoms with Gasteiger partial charge in [0.2, 0.25) is 0 Å². The van der Waals surface area contributed by atoms with Crippen LogP contribution >= 0.6 is 11.3 Å². The normalized spacial score (nSPS) is 16.0. The molecule has 4 nitrogen and oxygen atoms in total. The van der Waals surface area contributed by atoms with Crippen molar-refractivity contribution in [2.24, 2.45) is 7.05 Å². The lowest BCUT2D eigenvalue weighted by atomic mass is 9.90. The van der Waals surface area contributed by atoms with Gasteiger partial charge in [-0.1, -0.05) is 0 Å². The number of nitrogens with zero attached hydrogens (tertiary/aromatic N) is 2. The van der Waals surface area contributed by atoms with E-state index in [2.05, 4.69) is 0 Å². The molecule has 1 aliphatic rings. The van der Waals surface area contributed by atoms with Gasteiger partial charge in [-0.25, -0.2) is 0 Å². The van der Waals surface area contributed by atoms with E-state index in [0.29, 0.717) is 5.92 Å². The number of likely N-dealkylation sites (tertiary alicyclic amines) is 1. The number of rotatable bonds is 2. The zero-order chi connectivity index (χ0) is 15.7. The molecule has 3 heterocycles. The molecule has 0 aliphatic carbocycles. The number of aromatic nitrogens is 1. The van der Waals surface area contributed by atoms with Gasteiger partial charge < -0.3 is 9.47 Å². The number of aryl methyl sites for hydroxylation is 2. The van der Waals surface area contributed by atoms with E-state index < -0.39 is 0 Å². The molecule has 5 heteroatoms. The Morgan fingerprint density at radius 2 is 2.00 bits per heavy atom. The van der Waals surface area contributed by atoms with E-state index in [0.717, 1.165) is 41.9 Å². The van der Waals surface area contributed by atoms with Crippen molar-refractivity contribution in [1.82, 2.24) is 9.47 Å². The molecule has 0 atom stereocenters. The molecule has 2 aromatic rings. The van der Waals surface area contributed by atoms with E-state index >= 15 is 0 Å². The summed E-state index contributed by atoms with van der Waals surface area (Å²) in [7, 11) is 1.76. The molecule has 0 spiro atoms. The summed E-state index contributed by atoms with van der Waals surface area (Å²) in [6.45, 7) is 3.50. The molecule has 0 saturated carbocycles. The SMILES string of the molecule is Cc1ccsc1C(=O)N1CCC(c2ccn(C)c(=O)c2)CC1. The number of thiophene rings is 1. The number of hydrogen-bond donors (Lipinski definition) is 0. The number of piperidine rings is 1. The van der Waals surface area contributed by atoms with Gasteiger partial charge in [-0.3, -0.25) is 9.59 Å². The quantitative estimate of drug-likeness (QED) is 0.855. The van der Waals surface area contributed by atoms with Crippen LogP contribution in [0.1, 0.15) is 39.6 Å². The van der Waals surface area contributed by atoms with Gasteiger partial charge in [0.05, 0.1) is 4.88 Å². The molecule has 0 aromatic carbocycles. The number of carbonyl (C=O) groups is 1. The zero-order valence-corrected chi connectivity index (χ0v) is 13.7.